The minimum absolute atomic E-state index is 0.0425. The average Bonchev–Trinajstić information content (AvgIpc) is 3.51. The van der Waals surface area contributed by atoms with Crippen molar-refractivity contribution in [3.63, 3.8) is 0 Å². The number of carbonyl (C=O) groups excluding carboxylic acids is 1. The monoisotopic (exact) mass is 711 g/mol. The van der Waals surface area contributed by atoms with E-state index in [9.17, 15) is 23.2 Å². The molecule has 4 heterocycles. The number of alkyl halides is 2. The quantitative estimate of drug-likeness (QED) is 0.188. The highest BCUT2D eigenvalue weighted by molar-refractivity contribution is 6.39. The second-order valence-electron chi connectivity index (χ2n) is 11.2. The van der Waals surface area contributed by atoms with Crippen molar-refractivity contribution in [3.05, 3.63) is 85.0 Å². The van der Waals surface area contributed by atoms with Gasteiger partial charge in [-0.3, -0.25) is 23.7 Å². The summed E-state index contributed by atoms with van der Waals surface area (Å²) in [5, 5.41) is 9.37. The highest BCUT2D eigenvalue weighted by Crippen LogP contribution is 2.42. The third-order valence-corrected chi connectivity index (χ3v) is 8.92. The summed E-state index contributed by atoms with van der Waals surface area (Å²) in [4.78, 5) is 54.0. The van der Waals surface area contributed by atoms with Crippen molar-refractivity contribution in [1.29, 1.82) is 0 Å². The lowest BCUT2D eigenvalue weighted by molar-refractivity contribution is -0.119. The average molecular weight is 713 g/mol. The summed E-state index contributed by atoms with van der Waals surface area (Å²) in [6.07, 6.45) is -0.219. The van der Waals surface area contributed by atoms with Crippen molar-refractivity contribution in [2.24, 2.45) is 14.1 Å². The lowest BCUT2D eigenvalue weighted by Crippen LogP contribution is -2.38. The molecule has 17 heteroatoms. The van der Waals surface area contributed by atoms with Gasteiger partial charge in [0, 0.05) is 56.3 Å². The molecule has 0 bridgehead atoms. The molecule has 3 N–H and O–H groups in total. The Balaban J connectivity index is 1.33. The Morgan fingerprint density at radius 1 is 1.00 bits per heavy atom. The van der Waals surface area contributed by atoms with Gasteiger partial charge in [-0.25, -0.2) is 28.5 Å². The summed E-state index contributed by atoms with van der Waals surface area (Å²) in [5.41, 5.74) is 1.02. The Morgan fingerprint density at radius 3 is 2.41 bits per heavy atom. The molecule has 0 spiro atoms. The SMILES string of the molecule is COc1nc(-c2cccc(-c3cccc(Nc4nc(C(F)F)nc5c4c(=O)n(C)c(=O)n5C)c3Cl)c2Cl)cnc1CNC[C@@H]1CCC(=O)N1. The molecule has 0 unspecified atom stereocenters. The lowest BCUT2D eigenvalue weighted by Gasteiger charge is -2.16. The molecule has 5 aromatic rings. The standard InChI is InChI=1S/C32H29Cl2F2N9O4/c1-44-29-23(31(47)45(2)32(44)48)27(42-28(43-29)26(35)36)40-19-9-5-7-17(25(19)34)16-6-4-8-18(24(16)33)20-14-38-21(30(41-20)49-3)13-37-12-15-10-11-22(46)39-15/h4-9,14-15,26,37H,10-13H2,1-3H3,(H,39,46)(H,40,42,43)/t15-/m0/s1. The van der Waals surface area contributed by atoms with Crippen molar-refractivity contribution in [2.45, 2.75) is 31.9 Å². The number of rotatable bonds is 10. The summed E-state index contributed by atoms with van der Waals surface area (Å²) in [6.45, 7) is 0.951. The molecule has 13 nitrogen and oxygen atoms in total. The zero-order valence-electron chi connectivity index (χ0n) is 26.4. The largest absolute Gasteiger partial charge is 0.480 e. The van der Waals surface area contributed by atoms with Crippen LogP contribution in [0.2, 0.25) is 10.0 Å². The van der Waals surface area contributed by atoms with Gasteiger partial charge in [0.05, 0.1) is 34.7 Å². The van der Waals surface area contributed by atoms with Gasteiger partial charge in [-0.05, 0) is 12.5 Å². The molecule has 254 valence electrons. The van der Waals surface area contributed by atoms with Gasteiger partial charge in [0.2, 0.25) is 11.8 Å². The number of hydrogen-bond donors (Lipinski definition) is 3. The molecule has 1 amide bonds. The fourth-order valence-electron chi connectivity index (χ4n) is 5.57. The number of benzene rings is 2. The van der Waals surface area contributed by atoms with Gasteiger partial charge in [0.1, 0.15) is 16.9 Å². The van der Waals surface area contributed by atoms with Crippen LogP contribution in [0, 0.1) is 0 Å². The minimum Gasteiger partial charge on any atom is -0.480 e. The molecule has 0 radical (unpaired) electrons. The smallest absolute Gasteiger partial charge is 0.332 e. The van der Waals surface area contributed by atoms with E-state index in [4.69, 9.17) is 27.9 Å². The summed E-state index contributed by atoms with van der Waals surface area (Å²) < 4.78 is 35.0. The molecule has 1 fully saturated rings. The van der Waals surface area contributed by atoms with Crippen molar-refractivity contribution >= 4 is 51.6 Å². The third kappa shape index (κ3) is 6.56. The van der Waals surface area contributed by atoms with E-state index in [0.717, 1.165) is 15.6 Å². The zero-order chi connectivity index (χ0) is 35.0. The second-order valence-corrected chi connectivity index (χ2v) is 12.0. The van der Waals surface area contributed by atoms with Crippen LogP contribution in [-0.2, 0) is 25.4 Å². The maximum absolute atomic E-state index is 13.8. The van der Waals surface area contributed by atoms with Gasteiger partial charge in [0.15, 0.2) is 11.5 Å². The molecule has 1 aliphatic rings. The van der Waals surface area contributed by atoms with Crippen LogP contribution in [0.3, 0.4) is 0 Å². The summed E-state index contributed by atoms with van der Waals surface area (Å²) in [5.74, 6) is -0.779. The first kappa shape index (κ1) is 33.9. The summed E-state index contributed by atoms with van der Waals surface area (Å²) in [7, 11) is 4.08. The van der Waals surface area contributed by atoms with Crippen LogP contribution >= 0.6 is 23.2 Å². The Bertz CT molecular complexity index is 2230. The van der Waals surface area contributed by atoms with Gasteiger partial charge in [-0.15, -0.1) is 0 Å². The number of aryl methyl sites for hydroxylation is 1. The number of amides is 1. The van der Waals surface area contributed by atoms with Gasteiger partial charge in [-0.1, -0.05) is 53.5 Å². The van der Waals surface area contributed by atoms with E-state index in [0.29, 0.717) is 58.5 Å². The lowest BCUT2D eigenvalue weighted by atomic mass is 10.0. The van der Waals surface area contributed by atoms with Crippen LogP contribution in [0.4, 0.5) is 20.3 Å². The molecular formula is C32H29Cl2F2N9O4. The molecule has 1 saturated heterocycles. The highest BCUT2D eigenvalue weighted by Gasteiger charge is 2.24. The van der Waals surface area contributed by atoms with E-state index in [1.807, 2.05) is 0 Å². The molecule has 1 atom stereocenters. The predicted molar refractivity (Wildman–Crippen MR) is 181 cm³/mol. The number of ether oxygens (including phenoxy) is 1. The van der Waals surface area contributed by atoms with Crippen LogP contribution in [0.5, 0.6) is 5.88 Å². The Labute approximate surface area is 287 Å². The van der Waals surface area contributed by atoms with Crippen LogP contribution < -0.4 is 31.9 Å². The number of anilines is 2. The molecule has 1 aliphatic heterocycles. The molecule has 2 aromatic carbocycles. The number of methoxy groups -OCH3 is 1. The van der Waals surface area contributed by atoms with Crippen molar-refractivity contribution in [1.82, 2.24) is 39.7 Å². The van der Waals surface area contributed by atoms with E-state index in [-0.39, 0.29) is 39.5 Å². The molecule has 49 heavy (non-hydrogen) atoms. The van der Waals surface area contributed by atoms with Gasteiger partial charge < -0.3 is 20.7 Å². The van der Waals surface area contributed by atoms with Gasteiger partial charge in [-0.2, -0.15) is 0 Å². The van der Waals surface area contributed by atoms with Gasteiger partial charge in [0.25, 0.3) is 12.0 Å². The fourth-order valence-corrected chi connectivity index (χ4v) is 6.17. The number of fused-ring (bicyclic) bond motifs is 1. The van der Waals surface area contributed by atoms with E-state index in [1.54, 1.807) is 42.6 Å². The number of nitrogens with one attached hydrogen (secondary N) is 3. The number of aromatic nitrogens is 6. The molecule has 0 aliphatic carbocycles. The zero-order valence-corrected chi connectivity index (χ0v) is 27.9. The molecule has 6 rings (SSSR count). The summed E-state index contributed by atoms with van der Waals surface area (Å²) >= 11 is 13.8. The van der Waals surface area contributed by atoms with E-state index in [2.05, 4.69) is 35.9 Å². The van der Waals surface area contributed by atoms with Crippen molar-refractivity contribution in [2.75, 3.05) is 19.0 Å². The Kier molecular flexibility index (Phi) is 9.59. The van der Waals surface area contributed by atoms with Crippen LogP contribution in [0.1, 0.15) is 30.8 Å². The Morgan fingerprint density at radius 2 is 1.71 bits per heavy atom. The van der Waals surface area contributed by atoms with Crippen LogP contribution in [0.25, 0.3) is 33.4 Å². The number of halogens is 4. The first-order valence-corrected chi connectivity index (χ1v) is 15.7. The van der Waals surface area contributed by atoms with Crippen molar-refractivity contribution in [3.8, 4) is 28.3 Å². The first-order valence-electron chi connectivity index (χ1n) is 15.0. The number of nitrogens with zero attached hydrogens (tertiary/aromatic N) is 6. The van der Waals surface area contributed by atoms with E-state index in [1.165, 1.54) is 21.2 Å². The van der Waals surface area contributed by atoms with Crippen LogP contribution in [0.15, 0.2) is 52.2 Å². The summed E-state index contributed by atoms with van der Waals surface area (Å²) in [6, 6.07) is 10.3. The Hall–Kier alpha value is -4.99. The first-order chi connectivity index (χ1) is 23.5. The molecule has 3 aromatic heterocycles. The third-order valence-electron chi connectivity index (χ3n) is 8.10. The maximum Gasteiger partial charge on any atom is 0.332 e. The molecule has 0 saturated carbocycles. The number of carbonyl (C=O) groups is 1. The fraction of sp³-hybridized carbons (Fsp3) is 0.281. The van der Waals surface area contributed by atoms with Gasteiger partial charge >= 0.3 is 5.69 Å². The topological polar surface area (TPSA) is 158 Å². The predicted octanol–water partition coefficient (Wildman–Crippen LogP) is 4.52. The highest BCUT2D eigenvalue weighted by atomic mass is 35.5. The maximum atomic E-state index is 13.8. The van der Waals surface area contributed by atoms with Crippen LogP contribution in [-0.4, -0.2) is 54.7 Å². The van der Waals surface area contributed by atoms with Crippen molar-refractivity contribution < 1.29 is 18.3 Å². The molecular weight excluding hydrogens is 683 g/mol. The minimum atomic E-state index is -3.08. The van der Waals surface area contributed by atoms with E-state index < -0.39 is 23.5 Å². The van der Waals surface area contributed by atoms with E-state index >= 15 is 0 Å². The second kappa shape index (κ2) is 13.9. The normalized spacial score (nSPS) is 14.4. The number of hydrogen-bond acceptors (Lipinski definition) is 10.